The number of aromatic nitrogens is 2. The van der Waals surface area contributed by atoms with Crippen molar-refractivity contribution in [1.29, 1.82) is 0 Å². The molecule has 4 nitrogen and oxygen atoms in total. The van der Waals surface area contributed by atoms with Crippen LogP contribution in [0.4, 0.5) is 17.5 Å². The van der Waals surface area contributed by atoms with E-state index >= 15 is 0 Å². The zero-order chi connectivity index (χ0) is 14.5. The number of halogens is 2. The molecule has 0 spiro atoms. The van der Waals surface area contributed by atoms with Gasteiger partial charge in [0.1, 0.15) is 5.82 Å². The van der Waals surface area contributed by atoms with Crippen molar-refractivity contribution in [3.63, 3.8) is 0 Å². The monoisotopic (exact) mass is 398 g/mol. The number of nitrogens with zero attached hydrogens (tertiary/aromatic N) is 2. The van der Waals surface area contributed by atoms with Gasteiger partial charge in [-0.05, 0) is 57.3 Å². The van der Waals surface area contributed by atoms with Gasteiger partial charge in [-0.3, -0.25) is 0 Å². The summed E-state index contributed by atoms with van der Waals surface area (Å²) in [6.07, 6.45) is 2.86. The maximum absolute atomic E-state index is 4.51. The Morgan fingerprint density at radius 3 is 2.55 bits per heavy atom. The molecule has 0 atom stereocenters. The quantitative estimate of drug-likeness (QED) is 0.752. The maximum atomic E-state index is 4.51. The molecule has 20 heavy (non-hydrogen) atoms. The molecule has 0 radical (unpaired) electrons. The van der Waals surface area contributed by atoms with Crippen LogP contribution in [0.25, 0.3) is 0 Å². The van der Waals surface area contributed by atoms with E-state index in [0.29, 0.717) is 5.95 Å². The van der Waals surface area contributed by atoms with Crippen LogP contribution in [0.5, 0.6) is 0 Å². The average Bonchev–Trinajstić information content (AvgIpc) is 2.43. The molecule has 2 rings (SSSR count). The van der Waals surface area contributed by atoms with E-state index in [1.54, 1.807) is 0 Å². The third-order valence-electron chi connectivity index (χ3n) is 2.71. The first-order valence-corrected chi connectivity index (χ1v) is 7.99. The van der Waals surface area contributed by atoms with Gasteiger partial charge in [0, 0.05) is 27.3 Å². The predicted molar refractivity (Wildman–Crippen MR) is 90.7 cm³/mol. The number of anilines is 3. The smallest absolute Gasteiger partial charge is 0.224 e. The van der Waals surface area contributed by atoms with Gasteiger partial charge in [-0.15, -0.1) is 0 Å². The van der Waals surface area contributed by atoms with Gasteiger partial charge < -0.3 is 10.6 Å². The van der Waals surface area contributed by atoms with E-state index in [0.717, 1.165) is 39.0 Å². The molecule has 1 aromatic carbocycles. The van der Waals surface area contributed by atoms with Crippen LogP contribution in [-0.4, -0.2) is 16.5 Å². The number of para-hydroxylation sites is 1. The molecule has 1 heterocycles. The SMILES string of the molecule is CCCNc1ncc(C)c(Nc2c(Br)cccc2Br)n1. The standard InChI is InChI=1S/C14H16Br2N4/c1-3-7-17-14-18-8-9(2)13(20-14)19-12-10(15)5-4-6-11(12)16/h4-6,8H,3,7H2,1-2H3,(H2,17,18,19,20). The topological polar surface area (TPSA) is 49.8 Å². The molecule has 0 bridgehead atoms. The summed E-state index contributed by atoms with van der Waals surface area (Å²) in [7, 11) is 0. The molecule has 0 fully saturated rings. The van der Waals surface area contributed by atoms with E-state index in [1.807, 2.05) is 31.3 Å². The fourth-order valence-electron chi connectivity index (χ4n) is 1.63. The fourth-order valence-corrected chi connectivity index (χ4v) is 2.82. The van der Waals surface area contributed by atoms with Crippen molar-refractivity contribution in [2.75, 3.05) is 17.2 Å². The lowest BCUT2D eigenvalue weighted by molar-refractivity contribution is 0.950. The first-order valence-electron chi connectivity index (χ1n) is 6.40. The van der Waals surface area contributed by atoms with Crippen molar-refractivity contribution < 1.29 is 0 Å². The molecule has 1 aromatic heterocycles. The number of aryl methyl sites for hydroxylation is 1. The Morgan fingerprint density at radius 2 is 1.90 bits per heavy atom. The van der Waals surface area contributed by atoms with Gasteiger partial charge in [0.15, 0.2) is 0 Å². The summed E-state index contributed by atoms with van der Waals surface area (Å²) in [5.41, 5.74) is 1.95. The summed E-state index contributed by atoms with van der Waals surface area (Å²) >= 11 is 7.08. The van der Waals surface area contributed by atoms with Gasteiger partial charge in [-0.25, -0.2) is 4.98 Å². The van der Waals surface area contributed by atoms with Crippen LogP contribution < -0.4 is 10.6 Å². The molecule has 2 N–H and O–H groups in total. The largest absolute Gasteiger partial charge is 0.354 e. The third-order valence-corrected chi connectivity index (χ3v) is 4.03. The maximum Gasteiger partial charge on any atom is 0.224 e. The lowest BCUT2D eigenvalue weighted by Gasteiger charge is -2.13. The molecular formula is C14H16Br2N4. The van der Waals surface area contributed by atoms with Gasteiger partial charge in [0.25, 0.3) is 0 Å². The number of benzene rings is 1. The lowest BCUT2D eigenvalue weighted by Crippen LogP contribution is -2.07. The molecular weight excluding hydrogens is 384 g/mol. The lowest BCUT2D eigenvalue weighted by atomic mass is 10.3. The summed E-state index contributed by atoms with van der Waals surface area (Å²) in [6.45, 7) is 4.95. The molecule has 0 saturated carbocycles. The molecule has 0 aliphatic rings. The van der Waals surface area contributed by atoms with E-state index in [4.69, 9.17) is 0 Å². The number of rotatable bonds is 5. The Morgan fingerprint density at radius 1 is 1.20 bits per heavy atom. The van der Waals surface area contributed by atoms with Crippen molar-refractivity contribution in [2.24, 2.45) is 0 Å². The summed E-state index contributed by atoms with van der Waals surface area (Å²) in [6, 6.07) is 5.94. The number of hydrogen-bond donors (Lipinski definition) is 2. The first kappa shape index (κ1) is 15.3. The van der Waals surface area contributed by atoms with Crippen LogP contribution in [0.2, 0.25) is 0 Å². The van der Waals surface area contributed by atoms with Crippen LogP contribution in [-0.2, 0) is 0 Å². The Labute approximate surface area is 135 Å². The van der Waals surface area contributed by atoms with Crippen LogP contribution in [0, 0.1) is 6.92 Å². The summed E-state index contributed by atoms with van der Waals surface area (Å²) in [4.78, 5) is 8.79. The third kappa shape index (κ3) is 3.70. The first-order chi connectivity index (χ1) is 9.61. The fraction of sp³-hybridized carbons (Fsp3) is 0.286. The Balaban J connectivity index is 2.28. The minimum absolute atomic E-state index is 0.642. The normalized spacial score (nSPS) is 10.4. The number of nitrogens with one attached hydrogen (secondary N) is 2. The summed E-state index contributed by atoms with van der Waals surface area (Å²) in [5, 5.41) is 6.53. The van der Waals surface area contributed by atoms with Crippen LogP contribution in [0.15, 0.2) is 33.3 Å². The second-order valence-electron chi connectivity index (χ2n) is 4.37. The second-order valence-corrected chi connectivity index (χ2v) is 6.08. The van der Waals surface area contributed by atoms with Crippen LogP contribution in [0.1, 0.15) is 18.9 Å². The molecule has 0 saturated heterocycles. The van der Waals surface area contributed by atoms with Crippen LogP contribution >= 0.6 is 31.9 Å². The van der Waals surface area contributed by atoms with E-state index in [2.05, 4.69) is 59.4 Å². The van der Waals surface area contributed by atoms with E-state index in [-0.39, 0.29) is 0 Å². The van der Waals surface area contributed by atoms with Crippen molar-refractivity contribution >= 4 is 49.3 Å². The van der Waals surface area contributed by atoms with E-state index in [1.165, 1.54) is 0 Å². The van der Waals surface area contributed by atoms with E-state index < -0.39 is 0 Å². The average molecular weight is 400 g/mol. The second kappa shape index (κ2) is 7.04. The van der Waals surface area contributed by atoms with Gasteiger partial charge >= 0.3 is 0 Å². The van der Waals surface area contributed by atoms with Gasteiger partial charge in [-0.2, -0.15) is 4.98 Å². The predicted octanol–water partition coefficient (Wildman–Crippen LogP) is 4.88. The molecule has 106 valence electrons. The van der Waals surface area contributed by atoms with Gasteiger partial charge in [0.2, 0.25) is 5.95 Å². The minimum Gasteiger partial charge on any atom is -0.354 e. The molecule has 6 heteroatoms. The van der Waals surface area contributed by atoms with Gasteiger partial charge in [0.05, 0.1) is 5.69 Å². The van der Waals surface area contributed by atoms with Crippen LogP contribution in [0.3, 0.4) is 0 Å². The minimum atomic E-state index is 0.642. The van der Waals surface area contributed by atoms with Crippen molar-refractivity contribution in [3.05, 3.63) is 38.9 Å². The Hall–Kier alpha value is -1.14. The highest BCUT2D eigenvalue weighted by Gasteiger charge is 2.09. The summed E-state index contributed by atoms with van der Waals surface area (Å²) < 4.78 is 1.96. The zero-order valence-electron chi connectivity index (χ0n) is 11.4. The highest BCUT2D eigenvalue weighted by atomic mass is 79.9. The molecule has 0 unspecified atom stereocenters. The van der Waals surface area contributed by atoms with Crippen molar-refractivity contribution in [1.82, 2.24) is 9.97 Å². The Bertz CT molecular complexity index is 581. The Kier molecular flexibility index (Phi) is 5.37. The molecule has 0 aliphatic heterocycles. The molecule has 2 aromatic rings. The highest BCUT2D eigenvalue weighted by Crippen LogP contribution is 2.33. The van der Waals surface area contributed by atoms with Gasteiger partial charge in [-0.1, -0.05) is 13.0 Å². The molecule has 0 aliphatic carbocycles. The molecule has 0 amide bonds. The number of hydrogen-bond acceptors (Lipinski definition) is 4. The highest BCUT2D eigenvalue weighted by molar-refractivity contribution is 9.11. The van der Waals surface area contributed by atoms with E-state index in [9.17, 15) is 0 Å². The van der Waals surface area contributed by atoms with Crippen molar-refractivity contribution in [3.8, 4) is 0 Å². The summed E-state index contributed by atoms with van der Waals surface area (Å²) in [5.74, 6) is 1.44. The zero-order valence-corrected chi connectivity index (χ0v) is 14.5. The van der Waals surface area contributed by atoms with Crippen molar-refractivity contribution in [2.45, 2.75) is 20.3 Å².